The van der Waals surface area contributed by atoms with Crippen molar-refractivity contribution < 1.29 is 4.79 Å². The molecule has 0 aliphatic heterocycles. The van der Waals surface area contributed by atoms with Gasteiger partial charge in [-0.3, -0.25) is 9.78 Å². The monoisotopic (exact) mass is 282 g/mol. The van der Waals surface area contributed by atoms with Gasteiger partial charge in [-0.15, -0.1) is 11.3 Å². The molecule has 0 amide bonds. The predicted octanol–water partition coefficient (Wildman–Crippen LogP) is 3.51. The van der Waals surface area contributed by atoms with Crippen molar-refractivity contribution >= 4 is 17.1 Å². The Morgan fingerprint density at radius 2 is 2.20 bits per heavy atom. The van der Waals surface area contributed by atoms with E-state index in [2.05, 4.69) is 11.1 Å². The molecule has 0 bridgehead atoms. The number of nitriles is 1. The van der Waals surface area contributed by atoms with E-state index in [9.17, 15) is 10.1 Å². The van der Waals surface area contributed by atoms with E-state index in [-0.39, 0.29) is 5.78 Å². The molecule has 0 radical (unpaired) electrons. The second kappa shape index (κ2) is 5.56. The van der Waals surface area contributed by atoms with Gasteiger partial charge in [-0.25, -0.2) is 0 Å². The lowest BCUT2D eigenvalue weighted by Gasteiger charge is -2.08. The largest absolute Gasteiger partial charge is 0.291 e. The molecule has 0 spiro atoms. The number of carbonyl (C=O) groups is 1. The van der Waals surface area contributed by atoms with Crippen LogP contribution in [0, 0.1) is 11.3 Å². The van der Waals surface area contributed by atoms with Crippen molar-refractivity contribution in [2.75, 3.05) is 0 Å². The molecule has 1 aliphatic carbocycles. The van der Waals surface area contributed by atoms with Crippen molar-refractivity contribution in [1.82, 2.24) is 4.98 Å². The Labute approximate surface area is 121 Å². The number of Topliss-reactive ketones (excluding diaryl/α,β-unsaturated/α-hetero) is 1. The maximum Gasteiger partial charge on any atom is 0.195 e. The molecule has 0 N–H and O–H groups in total. The van der Waals surface area contributed by atoms with Crippen LogP contribution in [-0.2, 0) is 12.8 Å². The van der Waals surface area contributed by atoms with Crippen molar-refractivity contribution in [2.24, 2.45) is 0 Å². The van der Waals surface area contributed by atoms with Gasteiger partial charge in [-0.2, -0.15) is 5.26 Å². The first-order valence-corrected chi connectivity index (χ1v) is 7.57. The number of thiophene rings is 1. The summed E-state index contributed by atoms with van der Waals surface area (Å²) in [6.07, 6.45) is 6.13. The van der Waals surface area contributed by atoms with E-state index >= 15 is 0 Å². The van der Waals surface area contributed by atoms with Crippen molar-refractivity contribution in [2.45, 2.75) is 31.6 Å². The van der Waals surface area contributed by atoms with E-state index in [1.807, 2.05) is 6.07 Å². The zero-order valence-corrected chi connectivity index (χ0v) is 11.8. The maximum atomic E-state index is 12.5. The molecule has 0 fully saturated rings. The van der Waals surface area contributed by atoms with E-state index in [1.165, 1.54) is 23.3 Å². The van der Waals surface area contributed by atoms with Gasteiger partial charge in [0.1, 0.15) is 0 Å². The number of hydrogen-bond acceptors (Lipinski definition) is 4. The first kappa shape index (κ1) is 13.0. The summed E-state index contributed by atoms with van der Waals surface area (Å²) in [5, 5.41) is 9.31. The molecule has 2 aromatic rings. The average molecular weight is 282 g/mol. The van der Waals surface area contributed by atoms with Gasteiger partial charge in [-0.1, -0.05) is 6.07 Å². The Bertz CT molecular complexity index is 646. The SMILES string of the molecule is N#CC(C(=O)c1cc2c(s1)CCCC2)c1ccccn1. The Morgan fingerprint density at radius 1 is 1.35 bits per heavy atom. The van der Waals surface area contributed by atoms with Gasteiger partial charge < -0.3 is 0 Å². The minimum Gasteiger partial charge on any atom is -0.291 e. The minimum absolute atomic E-state index is 0.120. The van der Waals surface area contributed by atoms with Gasteiger partial charge in [0.15, 0.2) is 11.7 Å². The van der Waals surface area contributed by atoms with E-state index in [4.69, 9.17) is 0 Å². The Morgan fingerprint density at radius 3 is 2.90 bits per heavy atom. The lowest BCUT2D eigenvalue weighted by molar-refractivity contribution is 0.0981. The van der Waals surface area contributed by atoms with Crippen LogP contribution >= 0.6 is 11.3 Å². The topological polar surface area (TPSA) is 53.8 Å². The van der Waals surface area contributed by atoms with Crippen molar-refractivity contribution in [3.05, 3.63) is 51.5 Å². The average Bonchev–Trinajstić information content (AvgIpc) is 2.93. The third-order valence-electron chi connectivity index (χ3n) is 3.61. The number of rotatable bonds is 3. The zero-order valence-electron chi connectivity index (χ0n) is 11.0. The highest BCUT2D eigenvalue weighted by Crippen LogP contribution is 2.32. The highest BCUT2D eigenvalue weighted by molar-refractivity contribution is 7.14. The van der Waals surface area contributed by atoms with Crippen LogP contribution in [0.5, 0.6) is 0 Å². The fourth-order valence-corrected chi connectivity index (χ4v) is 3.78. The van der Waals surface area contributed by atoms with Crippen LogP contribution in [0.3, 0.4) is 0 Å². The minimum atomic E-state index is -0.795. The molecule has 0 aromatic carbocycles. The number of ketones is 1. The van der Waals surface area contributed by atoms with E-state index < -0.39 is 5.92 Å². The molecule has 1 unspecified atom stereocenters. The fraction of sp³-hybridized carbons (Fsp3) is 0.312. The Kier molecular flexibility index (Phi) is 3.62. The van der Waals surface area contributed by atoms with Crippen LogP contribution < -0.4 is 0 Å². The number of hydrogen-bond donors (Lipinski definition) is 0. The third-order valence-corrected chi connectivity index (χ3v) is 4.87. The lowest BCUT2D eigenvalue weighted by Crippen LogP contribution is -2.11. The lowest BCUT2D eigenvalue weighted by atomic mass is 9.96. The van der Waals surface area contributed by atoms with Crippen LogP contribution in [0.2, 0.25) is 0 Å². The van der Waals surface area contributed by atoms with Crippen molar-refractivity contribution in [1.29, 1.82) is 5.26 Å². The molecule has 2 heterocycles. The maximum absolute atomic E-state index is 12.5. The smallest absolute Gasteiger partial charge is 0.195 e. The first-order chi connectivity index (χ1) is 9.79. The van der Waals surface area contributed by atoms with Crippen LogP contribution in [0.25, 0.3) is 0 Å². The summed E-state index contributed by atoms with van der Waals surface area (Å²) in [5.41, 5.74) is 1.83. The van der Waals surface area contributed by atoms with Gasteiger partial charge >= 0.3 is 0 Å². The molecule has 2 aromatic heterocycles. The van der Waals surface area contributed by atoms with Crippen LogP contribution in [-0.4, -0.2) is 10.8 Å². The molecule has 20 heavy (non-hydrogen) atoms. The standard InChI is InChI=1S/C16H14N2OS/c17-10-12(13-6-3-4-8-18-13)16(19)15-9-11-5-1-2-7-14(11)20-15/h3-4,6,8-9,12H,1-2,5,7H2. The summed E-state index contributed by atoms with van der Waals surface area (Å²) >= 11 is 1.55. The highest BCUT2D eigenvalue weighted by Gasteiger charge is 2.26. The molecular formula is C16H14N2OS. The van der Waals surface area contributed by atoms with Crippen LogP contribution in [0.15, 0.2) is 30.5 Å². The molecule has 1 atom stereocenters. The van der Waals surface area contributed by atoms with Crippen molar-refractivity contribution in [3.8, 4) is 6.07 Å². The number of nitrogens with zero attached hydrogens (tertiary/aromatic N) is 2. The number of aryl methyl sites for hydroxylation is 2. The van der Waals surface area contributed by atoms with Crippen molar-refractivity contribution in [3.63, 3.8) is 0 Å². The normalized spacial score (nSPS) is 15.2. The summed E-state index contributed by atoms with van der Waals surface area (Å²) in [4.78, 5) is 18.7. The molecular weight excluding hydrogens is 268 g/mol. The van der Waals surface area contributed by atoms with Gasteiger partial charge in [0.05, 0.1) is 16.6 Å². The summed E-state index contributed by atoms with van der Waals surface area (Å²) in [5.74, 6) is -0.915. The van der Waals surface area contributed by atoms with Gasteiger partial charge in [0.2, 0.25) is 0 Å². The molecule has 3 nitrogen and oxygen atoms in total. The molecule has 100 valence electrons. The van der Waals surface area contributed by atoms with E-state index in [0.717, 1.165) is 12.8 Å². The zero-order chi connectivity index (χ0) is 13.9. The van der Waals surface area contributed by atoms with Gasteiger partial charge in [-0.05, 0) is 49.4 Å². The first-order valence-electron chi connectivity index (χ1n) is 6.76. The second-order valence-electron chi connectivity index (χ2n) is 4.95. The summed E-state index contributed by atoms with van der Waals surface area (Å²) in [6.45, 7) is 0. The fourth-order valence-electron chi connectivity index (χ4n) is 2.56. The third kappa shape index (κ3) is 2.37. The van der Waals surface area contributed by atoms with Gasteiger partial charge in [0.25, 0.3) is 0 Å². The van der Waals surface area contributed by atoms with Gasteiger partial charge in [0, 0.05) is 11.1 Å². The molecule has 0 saturated carbocycles. The quantitative estimate of drug-likeness (QED) is 0.809. The van der Waals surface area contributed by atoms with E-state index in [1.54, 1.807) is 35.7 Å². The predicted molar refractivity (Wildman–Crippen MR) is 77.9 cm³/mol. The van der Waals surface area contributed by atoms with Crippen LogP contribution in [0.4, 0.5) is 0 Å². The molecule has 3 rings (SSSR count). The Hall–Kier alpha value is -1.99. The van der Waals surface area contributed by atoms with Crippen LogP contribution in [0.1, 0.15) is 44.6 Å². The molecule has 1 aliphatic rings. The Balaban J connectivity index is 1.91. The van der Waals surface area contributed by atoms with E-state index in [0.29, 0.717) is 10.6 Å². The summed E-state index contributed by atoms with van der Waals surface area (Å²) in [7, 11) is 0. The summed E-state index contributed by atoms with van der Waals surface area (Å²) in [6, 6.07) is 9.40. The number of fused-ring (bicyclic) bond motifs is 1. The number of carbonyl (C=O) groups excluding carboxylic acids is 1. The highest BCUT2D eigenvalue weighted by atomic mass is 32.1. The molecule has 4 heteroatoms. The second-order valence-corrected chi connectivity index (χ2v) is 6.08. The molecule has 0 saturated heterocycles. The number of pyridine rings is 1. The summed E-state index contributed by atoms with van der Waals surface area (Å²) < 4.78 is 0. The number of aromatic nitrogens is 1.